The molecular weight excluding hydrogens is 324 g/mol. The lowest BCUT2D eigenvalue weighted by molar-refractivity contribution is -0.116. The van der Waals surface area contributed by atoms with Gasteiger partial charge in [-0.25, -0.2) is 4.39 Å². The summed E-state index contributed by atoms with van der Waals surface area (Å²) in [4.78, 5) is 9.79. The zero-order chi connectivity index (χ0) is 13.2. The van der Waals surface area contributed by atoms with Gasteiger partial charge in [0.05, 0.1) is 9.72 Å². The Kier molecular flexibility index (Phi) is 4.60. The smallest absolute Gasteiger partial charge is 0.298 e. The van der Waals surface area contributed by atoms with Crippen molar-refractivity contribution in [3.63, 3.8) is 0 Å². The van der Waals surface area contributed by atoms with Gasteiger partial charge in [-0.05, 0) is 36.4 Å². The van der Waals surface area contributed by atoms with Crippen molar-refractivity contribution in [2.75, 3.05) is 0 Å². The van der Waals surface area contributed by atoms with Gasteiger partial charge >= 0.3 is 5.51 Å². The van der Waals surface area contributed by atoms with Crippen molar-refractivity contribution in [2.24, 2.45) is 0 Å². The van der Waals surface area contributed by atoms with Crippen LogP contribution in [0.1, 0.15) is 17.3 Å². The van der Waals surface area contributed by atoms with Gasteiger partial charge < -0.3 is 0 Å². The Balaban J connectivity index is 3.06. The molecule has 0 amide bonds. The average molecular weight is 331 g/mol. The Morgan fingerprint density at radius 1 is 1.41 bits per heavy atom. The third kappa shape index (κ3) is 4.31. The van der Waals surface area contributed by atoms with E-state index in [4.69, 9.17) is 0 Å². The first-order valence-corrected chi connectivity index (χ1v) is 6.13. The third-order valence-corrected chi connectivity index (χ3v) is 3.77. The third-order valence-electron chi connectivity index (χ3n) is 1.83. The molecule has 0 aliphatic rings. The molecule has 0 spiro atoms. The van der Waals surface area contributed by atoms with Crippen LogP contribution < -0.4 is 0 Å². The fourth-order valence-electron chi connectivity index (χ4n) is 1.12. The van der Waals surface area contributed by atoms with E-state index in [9.17, 15) is 22.4 Å². The van der Waals surface area contributed by atoms with Gasteiger partial charge in [-0.2, -0.15) is 13.2 Å². The number of carbonyl (C=O) groups is 1. The first-order valence-electron chi connectivity index (χ1n) is 4.40. The summed E-state index contributed by atoms with van der Waals surface area (Å²) in [6.45, 7) is 1.29. The van der Waals surface area contributed by atoms with Crippen LogP contribution in [-0.2, 0) is 4.79 Å². The summed E-state index contributed by atoms with van der Waals surface area (Å²) in [6, 6.07) is 3.21. The second-order valence-corrected chi connectivity index (χ2v) is 5.23. The van der Waals surface area contributed by atoms with Crippen molar-refractivity contribution >= 4 is 33.5 Å². The molecular formula is C10H7BrF4OS. The second kappa shape index (κ2) is 5.39. The number of thioether (sulfide) groups is 1. The normalized spacial score (nSPS) is 13.5. The lowest BCUT2D eigenvalue weighted by atomic mass is 10.1. The van der Waals surface area contributed by atoms with E-state index >= 15 is 0 Å². The number of halogens is 5. The highest BCUT2D eigenvalue weighted by molar-refractivity contribution is 9.09. The number of Topliss-reactive ketones (excluding diaryl/α,β-unsaturated/α-hetero) is 1. The molecule has 0 radical (unpaired) electrons. The molecule has 0 N–H and O–H groups in total. The zero-order valence-corrected chi connectivity index (χ0v) is 10.9. The fourth-order valence-corrected chi connectivity index (χ4v) is 2.01. The summed E-state index contributed by atoms with van der Waals surface area (Å²) in [5.41, 5.74) is -4.26. The zero-order valence-electron chi connectivity index (χ0n) is 8.52. The molecule has 7 heteroatoms. The molecule has 0 saturated carbocycles. The van der Waals surface area contributed by atoms with Gasteiger partial charge in [-0.1, -0.05) is 22.0 Å². The minimum Gasteiger partial charge on any atom is -0.298 e. The van der Waals surface area contributed by atoms with Crippen molar-refractivity contribution in [1.82, 2.24) is 0 Å². The highest BCUT2D eigenvalue weighted by atomic mass is 79.9. The molecule has 94 valence electrons. The number of benzene rings is 1. The molecule has 1 aromatic carbocycles. The summed E-state index contributed by atoms with van der Waals surface area (Å²) >= 11 is 2.49. The largest absolute Gasteiger partial charge is 0.446 e. The molecule has 1 aromatic rings. The summed E-state index contributed by atoms with van der Waals surface area (Å²) in [5, 5.41) is 0. The Morgan fingerprint density at radius 2 is 2.00 bits per heavy atom. The van der Waals surface area contributed by atoms with Crippen molar-refractivity contribution in [2.45, 2.75) is 22.2 Å². The van der Waals surface area contributed by atoms with Gasteiger partial charge in [0.2, 0.25) is 0 Å². The monoisotopic (exact) mass is 330 g/mol. The molecule has 0 heterocycles. The van der Waals surface area contributed by atoms with Crippen LogP contribution in [0.2, 0.25) is 0 Å². The van der Waals surface area contributed by atoms with Crippen molar-refractivity contribution in [3.05, 3.63) is 29.6 Å². The van der Waals surface area contributed by atoms with Gasteiger partial charge in [-0.3, -0.25) is 4.79 Å². The van der Waals surface area contributed by atoms with E-state index in [2.05, 4.69) is 15.9 Å². The standard InChI is InChI=1S/C10H7BrF4OS/c1-5(16)9(11)6-2-3-7(12)8(4-6)17-10(13,14)15/h2-4,9H,1H3. The topological polar surface area (TPSA) is 17.1 Å². The number of alkyl halides is 4. The predicted molar refractivity (Wildman–Crippen MR) is 60.7 cm³/mol. The van der Waals surface area contributed by atoms with Gasteiger partial charge in [0.1, 0.15) is 11.6 Å². The molecule has 1 rings (SSSR count). The Hall–Kier alpha value is -0.560. The van der Waals surface area contributed by atoms with Crippen molar-refractivity contribution < 1.29 is 22.4 Å². The van der Waals surface area contributed by atoms with Crippen LogP contribution in [0.5, 0.6) is 0 Å². The van der Waals surface area contributed by atoms with Crippen LogP contribution in [-0.4, -0.2) is 11.3 Å². The molecule has 0 aliphatic heterocycles. The SMILES string of the molecule is CC(=O)C(Br)c1ccc(F)c(SC(F)(F)F)c1. The van der Waals surface area contributed by atoms with Gasteiger partial charge in [-0.15, -0.1) is 0 Å². The van der Waals surface area contributed by atoms with E-state index in [0.29, 0.717) is 5.56 Å². The molecule has 0 aliphatic carbocycles. The maximum atomic E-state index is 13.1. The van der Waals surface area contributed by atoms with E-state index in [1.54, 1.807) is 0 Å². The Labute approximate surface area is 108 Å². The molecule has 0 bridgehead atoms. The van der Waals surface area contributed by atoms with E-state index in [-0.39, 0.29) is 5.78 Å². The van der Waals surface area contributed by atoms with Crippen LogP contribution in [0.25, 0.3) is 0 Å². The fraction of sp³-hybridized carbons (Fsp3) is 0.300. The van der Waals surface area contributed by atoms with E-state index in [1.165, 1.54) is 13.0 Å². The predicted octanol–water partition coefficient (Wildman–Crippen LogP) is 4.46. The molecule has 1 nitrogen and oxygen atoms in total. The van der Waals surface area contributed by atoms with Crippen molar-refractivity contribution in [3.8, 4) is 0 Å². The van der Waals surface area contributed by atoms with Crippen LogP contribution in [0.4, 0.5) is 17.6 Å². The van der Waals surface area contributed by atoms with Crippen molar-refractivity contribution in [1.29, 1.82) is 0 Å². The average Bonchev–Trinajstić information content (AvgIpc) is 2.18. The maximum absolute atomic E-state index is 13.1. The summed E-state index contributed by atoms with van der Waals surface area (Å²) in [5.74, 6) is -1.22. The number of ketones is 1. The molecule has 1 atom stereocenters. The number of hydrogen-bond donors (Lipinski definition) is 0. The second-order valence-electron chi connectivity index (χ2n) is 3.21. The molecule has 0 saturated heterocycles. The van der Waals surface area contributed by atoms with Crippen LogP contribution >= 0.6 is 27.7 Å². The van der Waals surface area contributed by atoms with E-state index < -0.39 is 32.8 Å². The van der Waals surface area contributed by atoms with E-state index in [0.717, 1.165) is 12.1 Å². The van der Waals surface area contributed by atoms with Gasteiger partial charge in [0, 0.05) is 0 Å². The highest BCUT2D eigenvalue weighted by Gasteiger charge is 2.31. The summed E-state index contributed by atoms with van der Waals surface area (Å²) in [7, 11) is 0. The lowest BCUT2D eigenvalue weighted by Gasteiger charge is -2.10. The number of rotatable bonds is 3. The first kappa shape index (κ1) is 14.5. The lowest BCUT2D eigenvalue weighted by Crippen LogP contribution is -2.04. The molecule has 0 aromatic heterocycles. The number of hydrogen-bond acceptors (Lipinski definition) is 2. The quantitative estimate of drug-likeness (QED) is 0.462. The van der Waals surface area contributed by atoms with Gasteiger partial charge in [0.25, 0.3) is 0 Å². The highest BCUT2D eigenvalue weighted by Crippen LogP contribution is 2.39. The van der Waals surface area contributed by atoms with Crippen LogP contribution in [0, 0.1) is 5.82 Å². The summed E-state index contributed by atoms with van der Waals surface area (Å²) < 4.78 is 49.5. The Morgan fingerprint density at radius 3 is 2.47 bits per heavy atom. The molecule has 0 fully saturated rings. The molecule has 1 unspecified atom stereocenters. The minimum atomic E-state index is -4.56. The first-order chi connectivity index (χ1) is 7.70. The van der Waals surface area contributed by atoms with Crippen LogP contribution in [0.3, 0.4) is 0 Å². The van der Waals surface area contributed by atoms with Gasteiger partial charge in [0.15, 0.2) is 0 Å². The minimum absolute atomic E-state index is 0.264. The summed E-state index contributed by atoms with van der Waals surface area (Å²) in [6.07, 6.45) is 0. The van der Waals surface area contributed by atoms with Crippen LogP contribution in [0.15, 0.2) is 23.1 Å². The Bertz CT molecular complexity index is 433. The maximum Gasteiger partial charge on any atom is 0.446 e. The van der Waals surface area contributed by atoms with E-state index in [1.807, 2.05) is 0 Å². The number of carbonyl (C=O) groups excluding carboxylic acids is 1. The molecule has 17 heavy (non-hydrogen) atoms.